The van der Waals surface area contributed by atoms with Crippen molar-refractivity contribution < 1.29 is 9.53 Å². The Morgan fingerprint density at radius 3 is 2.65 bits per heavy atom. The lowest BCUT2D eigenvalue weighted by Gasteiger charge is -2.23. The van der Waals surface area contributed by atoms with Crippen LogP contribution >= 0.6 is 23.2 Å². The van der Waals surface area contributed by atoms with E-state index >= 15 is 0 Å². The zero-order valence-corrected chi connectivity index (χ0v) is 11.5. The SMILES string of the molecule is COc1cc(Cl)ccc1C(=O)NC(C)(C)CCl. The number of methoxy groups -OCH3 is 1. The Morgan fingerprint density at radius 1 is 1.47 bits per heavy atom. The molecule has 0 bridgehead atoms. The van der Waals surface area contributed by atoms with Crippen molar-refractivity contribution in [2.45, 2.75) is 19.4 Å². The molecule has 0 aliphatic carbocycles. The van der Waals surface area contributed by atoms with Gasteiger partial charge in [-0.05, 0) is 32.0 Å². The predicted octanol–water partition coefficient (Wildman–Crippen LogP) is 3.10. The van der Waals surface area contributed by atoms with Crippen LogP contribution in [0.15, 0.2) is 18.2 Å². The number of hydrogen-bond acceptors (Lipinski definition) is 2. The number of alkyl halides is 1. The minimum absolute atomic E-state index is 0.232. The van der Waals surface area contributed by atoms with Gasteiger partial charge in [-0.25, -0.2) is 0 Å². The van der Waals surface area contributed by atoms with E-state index in [2.05, 4.69) is 5.32 Å². The molecule has 0 radical (unpaired) electrons. The second-order valence-electron chi connectivity index (χ2n) is 4.32. The summed E-state index contributed by atoms with van der Waals surface area (Å²) >= 11 is 11.6. The zero-order chi connectivity index (χ0) is 13.1. The van der Waals surface area contributed by atoms with Gasteiger partial charge in [0.1, 0.15) is 5.75 Å². The quantitative estimate of drug-likeness (QED) is 0.858. The van der Waals surface area contributed by atoms with Crippen LogP contribution in [-0.2, 0) is 0 Å². The number of rotatable bonds is 4. The average molecular weight is 276 g/mol. The summed E-state index contributed by atoms with van der Waals surface area (Å²) in [5.41, 5.74) is -0.0291. The summed E-state index contributed by atoms with van der Waals surface area (Å²) in [6, 6.07) is 4.87. The van der Waals surface area contributed by atoms with Crippen molar-refractivity contribution in [1.29, 1.82) is 0 Å². The van der Waals surface area contributed by atoms with Gasteiger partial charge in [0, 0.05) is 16.4 Å². The number of halogens is 2. The molecule has 1 rings (SSSR count). The average Bonchev–Trinajstić information content (AvgIpc) is 2.28. The first-order valence-corrected chi connectivity index (χ1v) is 6.03. The molecule has 0 aliphatic heterocycles. The molecule has 3 nitrogen and oxygen atoms in total. The summed E-state index contributed by atoms with van der Waals surface area (Å²) in [7, 11) is 1.50. The van der Waals surface area contributed by atoms with E-state index in [1.54, 1.807) is 18.2 Å². The van der Waals surface area contributed by atoms with E-state index in [1.165, 1.54) is 7.11 Å². The number of ether oxygens (including phenoxy) is 1. The number of carbonyl (C=O) groups is 1. The minimum Gasteiger partial charge on any atom is -0.496 e. The molecule has 1 aromatic rings. The van der Waals surface area contributed by atoms with Crippen molar-refractivity contribution in [3.63, 3.8) is 0 Å². The van der Waals surface area contributed by atoms with E-state index in [9.17, 15) is 4.79 Å². The molecular weight excluding hydrogens is 261 g/mol. The van der Waals surface area contributed by atoms with Crippen LogP contribution in [0.25, 0.3) is 0 Å². The van der Waals surface area contributed by atoms with Gasteiger partial charge in [0.15, 0.2) is 0 Å². The predicted molar refractivity (Wildman–Crippen MR) is 70.3 cm³/mol. The molecule has 0 aromatic heterocycles. The molecule has 1 N–H and O–H groups in total. The second kappa shape index (κ2) is 5.61. The Hall–Kier alpha value is -0.930. The fourth-order valence-corrected chi connectivity index (χ4v) is 1.49. The normalized spacial score (nSPS) is 11.1. The number of benzene rings is 1. The standard InChI is InChI=1S/C12H15Cl2NO2/c1-12(2,7-13)15-11(16)9-5-4-8(14)6-10(9)17-3/h4-6H,7H2,1-3H3,(H,15,16). The summed E-state index contributed by atoms with van der Waals surface area (Å²) in [5, 5.41) is 3.35. The summed E-state index contributed by atoms with van der Waals surface area (Å²) in [5.74, 6) is 0.541. The molecule has 0 fully saturated rings. The lowest BCUT2D eigenvalue weighted by Crippen LogP contribution is -2.44. The fraction of sp³-hybridized carbons (Fsp3) is 0.417. The van der Waals surface area contributed by atoms with Gasteiger partial charge in [0.25, 0.3) is 5.91 Å². The Labute approximate surface area is 111 Å². The monoisotopic (exact) mass is 275 g/mol. The van der Waals surface area contributed by atoms with Crippen LogP contribution in [0.2, 0.25) is 5.02 Å². The number of hydrogen-bond donors (Lipinski definition) is 1. The molecule has 94 valence electrons. The van der Waals surface area contributed by atoms with Crippen molar-refractivity contribution in [3.05, 3.63) is 28.8 Å². The first-order chi connectivity index (χ1) is 7.89. The first kappa shape index (κ1) is 14.1. The van der Waals surface area contributed by atoms with Gasteiger partial charge in [-0.2, -0.15) is 0 Å². The third-order valence-electron chi connectivity index (χ3n) is 2.19. The smallest absolute Gasteiger partial charge is 0.255 e. The largest absolute Gasteiger partial charge is 0.496 e. The van der Waals surface area contributed by atoms with Crippen LogP contribution in [0.1, 0.15) is 24.2 Å². The van der Waals surface area contributed by atoms with Gasteiger partial charge in [-0.15, -0.1) is 11.6 Å². The summed E-state index contributed by atoms with van der Waals surface area (Å²) < 4.78 is 5.12. The molecule has 0 saturated carbocycles. The molecule has 0 aliphatic rings. The molecule has 0 saturated heterocycles. The number of amides is 1. The van der Waals surface area contributed by atoms with Gasteiger partial charge in [0.05, 0.1) is 12.7 Å². The molecular formula is C12H15Cl2NO2. The van der Waals surface area contributed by atoms with E-state index in [0.717, 1.165) is 0 Å². The van der Waals surface area contributed by atoms with Crippen LogP contribution in [0.5, 0.6) is 5.75 Å². The second-order valence-corrected chi connectivity index (χ2v) is 5.02. The molecule has 0 unspecified atom stereocenters. The highest BCUT2D eigenvalue weighted by Crippen LogP contribution is 2.23. The third-order valence-corrected chi connectivity index (χ3v) is 3.10. The van der Waals surface area contributed by atoms with E-state index in [-0.39, 0.29) is 5.91 Å². The molecule has 1 aromatic carbocycles. The van der Waals surface area contributed by atoms with Crippen molar-refractivity contribution in [2.24, 2.45) is 0 Å². The van der Waals surface area contributed by atoms with Gasteiger partial charge in [0.2, 0.25) is 0 Å². The third kappa shape index (κ3) is 3.79. The highest BCUT2D eigenvalue weighted by Gasteiger charge is 2.22. The molecule has 0 spiro atoms. The molecule has 1 amide bonds. The van der Waals surface area contributed by atoms with Crippen LogP contribution in [0, 0.1) is 0 Å². The lowest BCUT2D eigenvalue weighted by molar-refractivity contribution is 0.0917. The first-order valence-electron chi connectivity index (χ1n) is 5.11. The molecule has 5 heteroatoms. The van der Waals surface area contributed by atoms with Gasteiger partial charge < -0.3 is 10.1 Å². The van der Waals surface area contributed by atoms with Gasteiger partial charge in [-0.3, -0.25) is 4.79 Å². The number of nitrogens with one attached hydrogen (secondary N) is 1. The maximum atomic E-state index is 12.0. The Balaban J connectivity index is 2.96. The van der Waals surface area contributed by atoms with Gasteiger partial charge in [-0.1, -0.05) is 11.6 Å². The molecule has 0 atom stereocenters. The van der Waals surface area contributed by atoms with Gasteiger partial charge >= 0.3 is 0 Å². The Morgan fingerprint density at radius 2 is 2.12 bits per heavy atom. The summed E-state index contributed by atoms with van der Waals surface area (Å²) in [6.45, 7) is 3.70. The Kier molecular flexibility index (Phi) is 4.66. The van der Waals surface area contributed by atoms with Crippen LogP contribution in [0.3, 0.4) is 0 Å². The lowest BCUT2D eigenvalue weighted by atomic mass is 10.1. The van der Waals surface area contributed by atoms with E-state index in [0.29, 0.717) is 22.2 Å². The van der Waals surface area contributed by atoms with Crippen molar-refractivity contribution in [1.82, 2.24) is 5.32 Å². The highest BCUT2D eigenvalue weighted by molar-refractivity contribution is 6.30. The van der Waals surface area contributed by atoms with Crippen LogP contribution < -0.4 is 10.1 Å². The zero-order valence-electron chi connectivity index (χ0n) is 10.0. The van der Waals surface area contributed by atoms with Crippen LogP contribution in [-0.4, -0.2) is 24.4 Å². The molecule has 0 heterocycles. The Bertz CT molecular complexity index is 419. The number of carbonyl (C=O) groups excluding carboxylic acids is 1. The fourth-order valence-electron chi connectivity index (χ4n) is 1.26. The van der Waals surface area contributed by atoms with E-state index in [1.807, 2.05) is 13.8 Å². The maximum Gasteiger partial charge on any atom is 0.255 e. The summed E-state index contributed by atoms with van der Waals surface area (Å²) in [4.78, 5) is 12.0. The summed E-state index contributed by atoms with van der Waals surface area (Å²) in [6.07, 6.45) is 0. The van der Waals surface area contributed by atoms with Crippen LogP contribution in [0.4, 0.5) is 0 Å². The minimum atomic E-state index is -0.469. The van der Waals surface area contributed by atoms with Crippen molar-refractivity contribution in [3.8, 4) is 5.75 Å². The molecule has 17 heavy (non-hydrogen) atoms. The highest BCUT2D eigenvalue weighted by atomic mass is 35.5. The topological polar surface area (TPSA) is 38.3 Å². The maximum absolute atomic E-state index is 12.0. The van der Waals surface area contributed by atoms with Crippen molar-refractivity contribution in [2.75, 3.05) is 13.0 Å². The van der Waals surface area contributed by atoms with E-state index in [4.69, 9.17) is 27.9 Å². The van der Waals surface area contributed by atoms with E-state index < -0.39 is 5.54 Å². The van der Waals surface area contributed by atoms with Crippen molar-refractivity contribution >= 4 is 29.1 Å².